The van der Waals surface area contributed by atoms with E-state index in [-0.39, 0.29) is 27.9 Å². The number of amides is 1. The molecular formula is C22H19F7N4O3S. The number of fused-ring (bicyclic) bond motifs is 1. The molecule has 1 fully saturated rings. The van der Waals surface area contributed by atoms with Crippen molar-refractivity contribution >= 4 is 28.5 Å². The summed E-state index contributed by atoms with van der Waals surface area (Å²) in [5, 5.41) is 11.8. The number of rotatable bonds is 8. The van der Waals surface area contributed by atoms with Gasteiger partial charge in [0, 0.05) is 11.3 Å². The first kappa shape index (κ1) is 27.0. The average molecular weight is 552 g/mol. The normalized spacial score (nSPS) is 26.3. The van der Waals surface area contributed by atoms with Crippen molar-refractivity contribution in [1.29, 1.82) is 0 Å². The molecule has 2 heterocycles. The van der Waals surface area contributed by atoms with E-state index < -0.39 is 59.4 Å². The van der Waals surface area contributed by atoms with E-state index in [2.05, 4.69) is 20.0 Å². The zero-order valence-corrected chi connectivity index (χ0v) is 19.6. The van der Waals surface area contributed by atoms with Gasteiger partial charge < -0.3 is 20.9 Å². The van der Waals surface area contributed by atoms with Crippen LogP contribution in [0.25, 0.3) is 0 Å². The lowest BCUT2D eigenvalue weighted by Gasteiger charge is -2.32. The summed E-state index contributed by atoms with van der Waals surface area (Å²) >= 11 is 0.530. The molecule has 2 aromatic rings. The molecule has 0 bridgehead atoms. The minimum atomic E-state index is -4.38. The minimum Gasteiger partial charge on any atom is -0.485 e. The Labute approximate surface area is 209 Å². The number of carbonyl (C=O) groups excluding carboxylic acids is 1. The van der Waals surface area contributed by atoms with Crippen LogP contribution in [0.15, 0.2) is 41.5 Å². The van der Waals surface area contributed by atoms with E-state index in [1.807, 2.05) is 0 Å². The summed E-state index contributed by atoms with van der Waals surface area (Å²) in [6.45, 7) is -1.25. The number of nitrogens with one attached hydrogen (secondary N) is 1. The van der Waals surface area contributed by atoms with Crippen LogP contribution in [0.4, 0.5) is 36.4 Å². The Bertz CT molecular complexity index is 1250. The summed E-state index contributed by atoms with van der Waals surface area (Å²) in [4.78, 5) is 20.4. The summed E-state index contributed by atoms with van der Waals surface area (Å²) < 4.78 is 97.4. The summed E-state index contributed by atoms with van der Waals surface area (Å²) in [7, 11) is 0. The molecule has 4 N–H and O–H groups in total. The van der Waals surface area contributed by atoms with Crippen molar-refractivity contribution in [2.24, 2.45) is 16.6 Å². The van der Waals surface area contributed by atoms with E-state index in [0.717, 1.165) is 30.5 Å². The number of amidine groups is 1. The predicted molar refractivity (Wildman–Crippen MR) is 120 cm³/mol. The average Bonchev–Trinajstić information content (AvgIpc) is 3.34. The number of alkyl halides is 6. The van der Waals surface area contributed by atoms with Gasteiger partial charge in [0.1, 0.15) is 22.0 Å². The molecule has 15 heteroatoms. The van der Waals surface area contributed by atoms with E-state index in [1.54, 1.807) is 0 Å². The van der Waals surface area contributed by atoms with Gasteiger partial charge in [-0.1, -0.05) is 11.8 Å². The molecule has 1 amide bonds. The molecule has 3 atom stereocenters. The quantitative estimate of drug-likeness (QED) is 0.427. The molecular weight excluding hydrogens is 533 g/mol. The largest absolute Gasteiger partial charge is 0.485 e. The van der Waals surface area contributed by atoms with E-state index in [9.17, 15) is 40.6 Å². The van der Waals surface area contributed by atoms with Gasteiger partial charge in [-0.25, -0.2) is 26.9 Å². The highest BCUT2D eigenvalue weighted by Gasteiger charge is 2.87. The van der Waals surface area contributed by atoms with Gasteiger partial charge in [0.2, 0.25) is 0 Å². The van der Waals surface area contributed by atoms with Crippen molar-refractivity contribution in [3.05, 3.63) is 53.6 Å². The van der Waals surface area contributed by atoms with E-state index in [4.69, 9.17) is 5.73 Å². The molecule has 0 saturated heterocycles. The lowest BCUT2D eigenvalue weighted by atomic mass is 9.85. The number of aromatic nitrogens is 1. The number of nitrogens with zero attached hydrogens (tertiary/aromatic N) is 2. The van der Waals surface area contributed by atoms with Crippen LogP contribution < -0.4 is 15.8 Å². The number of halogens is 7. The minimum absolute atomic E-state index is 0.00751. The molecule has 200 valence electrons. The van der Waals surface area contributed by atoms with Gasteiger partial charge in [-0.15, -0.1) is 0 Å². The number of aliphatic hydroxyl groups is 1. The molecule has 1 aromatic heterocycles. The van der Waals surface area contributed by atoms with E-state index in [0.29, 0.717) is 11.8 Å². The monoisotopic (exact) mass is 552 g/mol. The zero-order chi connectivity index (χ0) is 27.4. The maximum atomic E-state index is 14.8. The summed E-state index contributed by atoms with van der Waals surface area (Å²) in [5.74, 6) is -11.4. The Morgan fingerprint density at radius 3 is 2.59 bits per heavy atom. The third kappa shape index (κ3) is 4.47. The smallest absolute Gasteiger partial charge is 0.340 e. The van der Waals surface area contributed by atoms with E-state index >= 15 is 0 Å². The number of nitrogens with two attached hydrogens (primary N) is 1. The molecule has 2 aliphatic rings. The second-order valence-corrected chi connectivity index (χ2v) is 10.0. The Morgan fingerprint density at radius 2 is 2.00 bits per heavy atom. The second kappa shape index (κ2) is 9.04. The molecule has 1 aliphatic carbocycles. The van der Waals surface area contributed by atoms with Gasteiger partial charge >= 0.3 is 12.3 Å². The first-order valence-corrected chi connectivity index (χ1v) is 11.4. The maximum Gasteiger partial charge on any atom is 0.340 e. The van der Waals surface area contributed by atoms with Crippen LogP contribution >= 0.6 is 11.8 Å². The Kier molecular flexibility index (Phi) is 6.59. The molecule has 0 spiro atoms. The number of benzene rings is 1. The van der Waals surface area contributed by atoms with Crippen LogP contribution in [-0.4, -0.2) is 57.4 Å². The Morgan fingerprint density at radius 1 is 1.30 bits per heavy atom. The van der Waals surface area contributed by atoms with E-state index in [1.165, 1.54) is 13.0 Å². The van der Waals surface area contributed by atoms with Crippen LogP contribution in [-0.2, 0) is 5.54 Å². The highest BCUT2D eigenvalue weighted by molar-refractivity contribution is 8.15. The zero-order valence-electron chi connectivity index (χ0n) is 18.8. The number of pyridine rings is 1. The van der Waals surface area contributed by atoms with Gasteiger partial charge in [0.15, 0.2) is 11.8 Å². The standard InChI is InChI=1S/C22H19F7N4O3S/c1-19(16-20(8-34,22(16,28)29)37-18(30)33-19)12-6-10(2-4-13(12)23)32-15(35)14-5-3-11(7-31-14)36-9-21(26,27)17(24)25/h2-7,16-17,34H,8-9H2,1H3,(H2,30,33)(H,32,35)/t16?,19-,20-/m1/s1. The Hall–Kier alpha value is -3.07. The van der Waals surface area contributed by atoms with Gasteiger partial charge in [-0.3, -0.25) is 9.79 Å². The van der Waals surface area contributed by atoms with Crippen LogP contribution in [0, 0.1) is 11.7 Å². The fourth-order valence-corrected chi connectivity index (χ4v) is 5.71. The molecule has 4 rings (SSSR count). The molecule has 0 radical (unpaired) electrons. The third-order valence-electron chi connectivity index (χ3n) is 6.22. The van der Waals surface area contributed by atoms with Crippen molar-refractivity contribution in [3.8, 4) is 5.75 Å². The first-order valence-electron chi connectivity index (χ1n) is 10.6. The highest BCUT2D eigenvalue weighted by Crippen LogP contribution is 2.74. The SMILES string of the molecule is C[C@]1(c2cc(NC(=O)c3ccc(OCC(F)(F)C(F)F)cn3)ccc2F)N=C(N)S[C@]2(CO)C1C2(F)F. The number of anilines is 1. The topological polar surface area (TPSA) is 110 Å². The summed E-state index contributed by atoms with van der Waals surface area (Å²) in [5.41, 5.74) is 3.35. The van der Waals surface area contributed by atoms with Crippen LogP contribution in [0.3, 0.4) is 0 Å². The number of hydrogen-bond acceptors (Lipinski definition) is 7. The van der Waals surface area contributed by atoms with Gasteiger partial charge in [0.05, 0.1) is 24.3 Å². The van der Waals surface area contributed by atoms with Crippen molar-refractivity contribution < 1.29 is 45.4 Å². The van der Waals surface area contributed by atoms with Crippen LogP contribution in [0.2, 0.25) is 0 Å². The second-order valence-electron chi connectivity index (χ2n) is 8.68. The number of thioether (sulfide) groups is 1. The number of hydrogen-bond donors (Lipinski definition) is 3. The lowest BCUT2D eigenvalue weighted by Crippen LogP contribution is -2.37. The number of carbonyl (C=O) groups is 1. The maximum absolute atomic E-state index is 14.8. The first-order chi connectivity index (χ1) is 17.2. The lowest BCUT2D eigenvalue weighted by molar-refractivity contribution is -0.148. The van der Waals surface area contributed by atoms with Crippen molar-refractivity contribution in [2.75, 3.05) is 18.5 Å². The Balaban J connectivity index is 1.53. The summed E-state index contributed by atoms with van der Waals surface area (Å²) in [6.07, 6.45) is -3.05. The van der Waals surface area contributed by atoms with Gasteiger partial charge in [-0.05, 0) is 37.3 Å². The van der Waals surface area contributed by atoms with Crippen molar-refractivity contribution in [3.63, 3.8) is 0 Å². The molecule has 7 nitrogen and oxygen atoms in total. The fourth-order valence-electron chi connectivity index (χ4n) is 4.34. The van der Waals surface area contributed by atoms with Crippen molar-refractivity contribution in [2.45, 2.75) is 35.5 Å². The molecule has 37 heavy (non-hydrogen) atoms. The van der Waals surface area contributed by atoms with Crippen LogP contribution in [0.5, 0.6) is 5.75 Å². The van der Waals surface area contributed by atoms with Gasteiger partial charge in [0.25, 0.3) is 11.8 Å². The fraction of sp³-hybridized carbons (Fsp3) is 0.409. The molecule has 1 aromatic carbocycles. The highest BCUT2D eigenvalue weighted by atomic mass is 32.2. The third-order valence-corrected chi connectivity index (χ3v) is 7.53. The number of ether oxygens (including phenoxy) is 1. The predicted octanol–water partition coefficient (Wildman–Crippen LogP) is 4.03. The van der Waals surface area contributed by atoms with Crippen molar-refractivity contribution in [1.82, 2.24) is 4.98 Å². The summed E-state index contributed by atoms with van der Waals surface area (Å²) in [6, 6.07) is 5.35. The van der Waals surface area contributed by atoms with Crippen LogP contribution in [0.1, 0.15) is 23.0 Å². The molecule has 1 unspecified atom stereocenters. The molecule has 1 saturated carbocycles. The molecule has 1 aliphatic heterocycles. The number of aliphatic hydroxyl groups excluding tert-OH is 1. The number of aliphatic imine (C=N–C) groups is 1. The van der Waals surface area contributed by atoms with Gasteiger partial charge in [-0.2, -0.15) is 8.78 Å².